The highest BCUT2D eigenvalue weighted by Gasteiger charge is 2.16. The number of aromatic nitrogens is 3. The number of piperidine rings is 1. The van der Waals surface area contributed by atoms with Crippen molar-refractivity contribution in [2.75, 3.05) is 26.7 Å². The smallest absolute Gasteiger partial charge is 0.146 e. The monoisotopic (exact) mass is 223 g/mol. The largest absolute Gasteiger partial charge is 0.320 e. The molecule has 1 atom stereocenters. The Balaban J connectivity index is 1.70. The molecule has 1 aliphatic heterocycles. The molecule has 90 valence electrons. The summed E-state index contributed by atoms with van der Waals surface area (Å²) in [7, 11) is 4.18. The lowest BCUT2D eigenvalue weighted by molar-refractivity contribution is 0.206. The summed E-state index contributed by atoms with van der Waals surface area (Å²) in [6.07, 6.45) is 4.41. The Bertz CT molecular complexity index is 322. The van der Waals surface area contributed by atoms with Gasteiger partial charge in [-0.25, -0.2) is 0 Å². The lowest BCUT2D eigenvalue weighted by Gasteiger charge is -2.29. The third-order valence-electron chi connectivity index (χ3n) is 3.24. The zero-order valence-corrected chi connectivity index (χ0v) is 10.2. The van der Waals surface area contributed by atoms with Crippen LogP contribution in [-0.4, -0.2) is 46.3 Å². The van der Waals surface area contributed by atoms with Crippen LogP contribution in [0, 0.1) is 5.92 Å². The summed E-state index contributed by atoms with van der Waals surface area (Å²) in [5.41, 5.74) is 0. The molecule has 5 nitrogen and oxygen atoms in total. The van der Waals surface area contributed by atoms with Gasteiger partial charge in [0.2, 0.25) is 0 Å². The molecule has 0 bridgehead atoms. The number of likely N-dealkylation sites (tertiary alicyclic amines) is 1. The van der Waals surface area contributed by atoms with Crippen molar-refractivity contribution >= 4 is 0 Å². The number of aryl methyl sites for hydroxylation is 1. The number of hydrogen-bond donors (Lipinski definition) is 1. The second-order valence-corrected chi connectivity index (χ2v) is 4.76. The van der Waals surface area contributed by atoms with E-state index < -0.39 is 0 Å². The Morgan fingerprint density at radius 3 is 3.06 bits per heavy atom. The van der Waals surface area contributed by atoms with E-state index in [9.17, 15) is 0 Å². The molecule has 0 amide bonds. The second kappa shape index (κ2) is 5.41. The number of hydrogen-bond acceptors (Lipinski definition) is 4. The van der Waals surface area contributed by atoms with Crippen molar-refractivity contribution in [3.05, 3.63) is 12.2 Å². The van der Waals surface area contributed by atoms with Crippen LogP contribution in [0.15, 0.2) is 6.33 Å². The Kier molecular flexibility index (Phi) is 3.90. The number of nitrogens with one attached hydrogen (secondary N) is 1. The molecule has 1 aliphatic rings. The molecule has 0 aromatic carbocycles. The SMILES string of the molecule is CN1CCCC(CNCc2nncn2C)C1. The minimum Gasteiger partial charge on any atom is -0.320 e. The summed E-state index contributed by atoms with van der Waals surface area (Å²) in [6, 6.07) is 0. The van der Waals surface area contributed by atoms with Gasteiger partial charge in [0, 0.05) is 13.6 Å². The first-order valence-corrected chi connectivity index (χ1v) is 5.98. The molecule has 1 fully saturated rings. The van der Waals surface area contributed by atoms with Gasteiger partial charge in [-0.05, 0) is 38.9 Å². The fraction of sp³-hybridized carbons (Fsp3) is 0.818. The van der Waals surface area contributed by atoms with Crippen molar-refractivity contribution in [2.24, 2.45) is 13.0 Å². The molecule has 16 heavy (non-hydrogen) atoms. The van der Waals surface area contributed by atoms with Gasteiger partial charge < -0.3 is 14.8 Å². The van der Waals surface area contributed by atoms with Gasteiger partial charge in [-0.3, -0.25) is 0 Å². The first-order valence-electron chi connectivity index (χ1n) is 5.98. The normalized spacial score (nSPS) is 22.5. The van der Waals surface area contributed by atoms with E-state index in [1.807, 2.05) is 11.6 Å². The van der Waals surface area contributed by atoms with E-state index in [0.29, 0.717) is 0 Å². The quantitative estimate of drug-likeness (QED) is 0.794. The molecule has 1 unspecified atom stereocenters. The van der Waals surface area contributed by atoms with Crippen LogP contribution < -0.4 is 5.32 Å². The average Bonchev–Trinajstić information content (AvgIpc) is 2.65. The third kappa shape index (κ3) is 3.02. The molecule has 5 heteroatoms. The summed E-state index contributed by atoms with van der Waals surface area (Å²) in [5.74, 6) is 1.79. The van der Waals surface area contributed by atoms with Crippen molar-refractivity contribution < 1.29 is 0 Å². The average molecular weight is 223 g/mol. The number of nitrogens with zero attached hydrogens (tertiary/aromatic N) is 4. The fourth-order valence-electron chi connectivity index (χ4n) is 2.30. The van der Waals surface area contributed by atoms with Crippen LogP contribution in [0.3, 0.4) is 0 Å². The first-order chi connectivity index (χ1) is 7.75. The van der Waals surface area contributed by atoms with E-state index >= 15 is 0 Å². The van der Waals surface area contributed by atoms with Crippen molar-refractivity contribution in [1.29, 1.82) is 0 Å². The summed E-state index contributed by atoms with van der Waals surface area (Å²) >= 11 is 0. The standard InChI is InChI=1S/C11H21N5/c1-15-5-3-4-10(8-15)6-12-7-11-14-13-9-16(11)2/h9-10,12H,3-8H2,1-2H3. The highest BCUT2D eigenvalue weighted by atomic mass is 15.3. The van der Waals surface area contributed by atoms with Gasteiger partial charge >= 0.3 is 0 Å². The van der Waals surface area contributed by atoms with Crippen molar-refractivity contribution in [1.82, 2.24) is 25.0 Å². The molecule has 2 heterocycles. The van der Waals surface area contributed by atoms with Crippen LogP contribution >= 0.6 is 0 Å². The maximum Gasteiger partial charge on any atom is 0.146 e. The topological polar surface area (TPSA) is 46.0 Å². The molecule has 0 saturated carbocycles. The molecule has 2 rings (SSSR count). The maximum absolute atomic E-state index is 4.05. The van der Waals surface area contributed by atoms with E-state index in [0.717, 1.165) is 24.8 Å². The van der Waals surface area contributed by atoms with Crippen molar-refractivity contribution in [3.63, 3.8) is 0 Å². The molecule has 1 aromatic rings. The van der Waals surface area contributed by atoms with Crippen LogP contribution in [0.5, 0.6) is 0 Å². The van der Waals surface area contributed by atoms with E-state index in [2.05, 4.69) is 27.5 Å². The second-order valence-electron chi connectivity index (χ2n) is 4.76. The highest BCUT2D eigenvalue weighted by Crippen LogP contribution is 2.13. The Labute approximate surface area is 96.8 Å². The van der Waals surface area contributed by atoms with Crippen molar-refractivity contribution in [3.8, 4) is 0 Å². The van der Waals surface area contributed by atoms with Crippen LogP contribution in [-0.2, 0) is 13.6 Å². The van der Waals surface area contributed by atoms with Gasteiger partial charge in [0.25, 0.3) is 0 Å². The third-order valence-corrected chi connectivity index (χ3v) is 3.24. The minimum absolute atomic E-state index is 0.784. The first kappa shape index (κ1) is 11.5. The van der Waals surface area contributed by atoms with E-state index in [4.69, 9.17) is 0 Å². The van der Waals surface area contributed by atoms with Gasteiger partial charge in [-0.2, -0.15) is 0 Å². The van der Waals surface area contributed by atoms with Crippen molar-refractivity contribution in [2.45, 2.75) is 19.4 Å². The highest BCUT2D eigenvalue weighted by molar-refractivity contribution is 4.83. The molecule has 1 aromatic heterocycles. The summed E-state index contributed by atoms with van der Waals surface area (Å²) in [6.45, 7) is 4.36. The zero-order valence-electron chi connectivity index (χ0n) is 10.2. The van der Waals surface area contributed by atoms with Crippen LogP contribution in [0.25, 0.3) is 0 Å². The van der Waals surface area contributed by atoms with Gasteiger partial charge in [0.05, 0.1) is 6.54 Å². The van der Waals surface area contributed by atoms with Gasteiger partial charge in [-0.15, -0.1) is 10.2 Å². The Hall–Kier alpha value is -0.940. The zero-order chi connectivity index (χ0) is 11.4. The maximum atomic E-state index is 4.05. The van der Waals surface area contributed by atoms with E-state index in [-0.39, 0.29) is 0 Å². The summed E-state index contributed by atoms with van der Waals surface area (Å²) in [4.78, 5) is 2.41. The van der Waals surface area contributed by atoms with Gasteiger partial charge in [0.1, 0.15) is 12.2 Å². The summed E-state index contributed by atoms with van der Waals surface area (Å²) in [5, 5.41) is 11.4. The minimum atomic E-state index is 0.784. The van der Waals surface area contributed by atoms with Gasteiger partial charge in [0.15, 0.2) is 0 Å². The predicted octanol–water partition coefficient (Wildman–Crippen LogP) is 0.246. The molecule has 0 spiro atoms. The lowest BCUT2D eigenvalue weighted by atomic mass is 9.98. The van der Waals surface area contributed by atoms with Crippen LogP contribution in [0.2, 0.25) is 0 Å². The van der Waals surface area contributed by atoms with Gasteiger partial charge in [-0.1, -0.05) is 0 Å². The Morgan fingerprint density at radius 2 is 2.38 bits per heavy atom. The van der Waals surface area contributed by atoms with Crippen LogP contribution in [0.4, 0.5) is 0 Å². The van der Waals surface area contributed by atoms with Crippen LogP contribution in [0.1, 0.15) is 18.7 Å². The molecule has 0 radical (unpaired) electrons. The summed E-state index contributed by atoms with van der Waals surface area (Å²) < 4.78 is 1.96. The molecule has 1 N–H and O–H groups in total. The fourth-order valence-corrected chi connectivity index (χ4v) is 2.30. The Morgan fingerprint density at radius 1 is 1.50 bits per heavy atom. The lowest BCUT2D eigenvalue weighted by Crippen LogP contribution is -2.37. The van der Waals surface area contributed by atoms with E-state index in [1.165, 1.54) is 25.9 Å². The molecular formula is C11H21N5. The molecule has 0 aliphatic carbocycles. The number of rotatable bonds is 4. The molecular weight excluding hydrogens is 202 g/mol. The van der Waals surface area contributed by atoms with E-state index in [1.54, 1.807) is 6.33 Å². The molecule has 1 saturated heterocycles. The predicted molar refractivity (Wildman–Crippen MR) is 62.9 cm³/mol.